The van der Waals surface area contributed by atoms with E-state index in [1.165, 1.54) is 81.8 Å². The number of hydrogen-bond donors (Lipinski definition) is 4. The van der Waals surface area contributed by atoms with Gasteiger partial charge in [-0.15, -0.1) is 0 Å². The zero-order valence-electron chi connectivity index (χ0n) is 78.7. The third kappa shape index (κ3) is 29.1. The van der Waals surface area contributed by atoms with Crippen LogP contribution in [0.2, 0.25) is 0 Å². The van der Waals surface area contributed by atoms with Crippen LogP contribution < -0.4 is 78.1 Å². The molecule has 712 valence electrons. The van der Waals surface area contributed by atoms with E-state index in [2.05, 4.69) is 73.2 Å². The van der Waals surface area contributed by atoms with E-state index >= 15 is 0 Å². The van der Waals surface area contributed by atoms with Crippen molar-refractivity contribution in [2.24, 2.45) is 0 Å². The fourth-order valence-electron chi connectivity index (χ4n) is 18.2. The maximum Gasteiger partial charge on any atom is 0.328 e. The van der Waals surface area contributed by atoms with Crippen molar-refractivity contribution in [2.75, 3.05) is 82.0 Å². The molecule has 5 aliphatic rings. The lowest BCUT2D eigenvalue weighted by atomic mass is 9.75. The second-order valence-electron chi connectivity index (χ2n) is 34.9. The van der Waals surface area contributed by atoms with Crippen molar-refractivity contribution in [1.82, 2.24) is 21.3 Å². The minimum Gasteiger partial charge on any atom is -0.476 e. The molecule has 4 unspecified atom stereocenters. The van der Waals surface area contributed by atoms with Crippen LogP contribution in [0.3, 0.4) is 0 Å². The summed E-state index contributed by atoms with van der Waals surface area (Å²) in [5.74, 6) is -6.58. The first-order valence-corrected chi connectivity index (χ1v) is 48.1. The van der Waals surface area contributed by atoms with Gasteiger partial charge in [-0.1, -0.05) is 259 Å². The first kappa shape index (κ1) is 102. The highest BCUT2D eigenvalue weighted by molar-refractivity contribution is 5.88. The average molecular weight is 1790 g/mol. The summed E-state index contributed by atoms with van der Waals surface area (Å²) in [5, 5.41) is 11.0. The van der Waals surface area contributed by atoms with Gasteiger partial charge in [0.15, 0.2) is 72.4 Å². The maximum atomic E-state index is 14.6. The fourth-order valence-corrected chi connectivity index (χ4v) is 18.2. The lowest BCUT2D eigenvalue weighted by molar-refractivity contribution is -0.145. The highest BCUT2D eigenvalue weighted by atomic mass is 16.7. The fraction of sp³-hybridized carbons (Fsp3) is 0.680. The predicted molar refractivity (Wildman–Crippen MR) is 485 cm³/mol. The molecule has 4 aliphatic heterocycles. The van der Waals surface area contributed by atoms with Crippen molar-refractivity contribution in [3.63, 3.8) is 0 Å². The average Bonchev–Trinajstić information content (AvgIpc) is 0.719. The summed E-state index contributed by atoms with van der Waals surface area (Å²) < 4.78 is 106. The first-order chi connectivity index (χ1) is 62.2. The second kappa shape index (κ2) is 54.7. The SMILES string of the molecule is CCCCCCCCCCCC1c2cc3c4c(OCC(=O)NC(C)C(=O)OC)c2OCOc2c1cc1c(c2OCC(=O)NC(C)C(=O)OC)OCOc2c(cc5c(c2OCC(=O)NC(C)C(=O)OC)OCOc2c(cc(c(c2OCC(=O)NC(C)C(=O)OC)OCO4)C3CCCCCCCCCCC)C5CCCCCCCCCCC)C1CCCCCCCCCCC. The Morgan fingerprint density at radius 1 is 0.258 bits per heavy atom. The summed E-state index contributed by atoms with van der Waals surface area (Å²) >= 11 is 0. The van der Waals surface area contributed by atoms with Gasteiger partial charge in [-0.2, -0.15) is 0 Å². The number of carbonyl (C=O) groups is 8. The van der Waals surface area contributed by atoms with Gasteiger partial charge in [0.25, 0.3) is 23.6 Å². The molecular formula is C100H148N4O24. The van der Waals surface area contributed by atoms with Crippen molar-refractivity contribution < 1.29 is 114 Å². The van der Waals surface area contributed by atoms with Crippen molar-refractivity contribution in [1.29, 1.82) is 0 Å². The zero-order valence-corrected chi connectivity index (χ0v) is 78.7. The van der Waals surface area contributed by atoms with Gasteiger partial charge in [-0.3, -0.25) is 19.2 Å². The Morgan fingerprint density at radius 3 is 0.555 bits per heavy atom. The molecule has 0 spiro atoms. The molecule has 4 aromatic carbocycles. The smallest absolute Gasteiger partial charge is 0.328 e. The van der Waals surface area contributed by atoms with Crippen molar-refractivity contribution in [3.8, 4) is 69.0 Å². The van der Waals surface area contributed by atoms with Crippen LogP contribution >= 0.6 is 0 Å². The molecule has 9 rings (SSSR count). The van der Waals surface area contributed by atoms with Crippen molar-refractivity contribution in [3.05, 3.63) is 68.8 Å². The molecule has 8 bridgehead atoms. The summed E-state index contributed by atoms with van der Waals surface area (Å²) in [5.41, 5.74) is 4.95. The molecule has 4 atom stereocenters. The Labute approximate surface area is 759 Å². The molecule has 28 nitrogen and oxygen atoms in total. The van der Waals surface area contributed by atoms with Gasteiger partial charge in [0.2, 0.25) is 50.2 Å². The van der Waals surface area contributed by atoms with Gasteiger partial charge in [0.1, 0.15) is 24.2 Å². The molecule has 0 fully saturated rings. The number of carbonyl (C=O) groups excluding carboxylic acids is 8. The first-order valence-electron chi connectivity index (χ1n) is 48.1. The third-order valence-electron chi connectivity index (χ3n) is 25.1. The number of benzene rings is 4. The number of unbranched alkanes of at least 4 members (excludes halogenated alkanes) is 32. The Bertz CT molecular complexity index is 3580. The molecule has 28 heteroatoms. The monoisotopic (exact) mass is 1790 g/mol. The van der Waals surface area contributed by atoms with E-state index in [1.807, 2.05) is 0 Å². The van der Waals surface area contributed by atoms with Crippen LogP contribution in [0.15, 0.2) is 24.3 Å². The van der Waals surface area contributed by atoms with Gasteiger partial charge in [-0.05, 0) is 77.6 Å². The second-order valence-corrected chi connectivity index (χ2v) is 34.9. The van der Waals surface area contributed by atoms with Gasteiger partial charge in [0, 0.05) is 68.2 Å². The molecule has 0 saturated carbocycles. The predicted octanol–water partition coefficient (Wildman–Crippen LogP) is 19.4. The summed E-state index contributed by atoms with van der Waals surface area (Å²) in [6.07, 6.45) is 38.3. The number of rotatable bonds is 60. The molecule has 4 amide bonds. The number of hydrogen-bond acceptors (Lipinski definition) is 24. The van der Waals surface area contributed by atoms with E-state index < -0.39 is 149 Å². The molecule has 4 heterocycles. The molecule has 1 aliphatic carbocycles. The van der Waals surface area contributed by atoms with E-state index in [0.717, 1.165) is 180 Å². The van der Waals surface area contributed by atoms with Gasteiger partial charge >= 0.3 is 23.9 Å². The highest BCUT2D eigenvalue weighted by Crippen LogP contribution is 2.63. The van der Waals surface area contributed by atoms with Crippen LogP contribution in [0, 0.1) is 0 Å². The van der Waals surface area contributed by atoms with Gasteiger partial charge < -0.3 is 97.1 Å². The van der Waals surface area contributed by atoms with Crippen LogP contribution in [0.4, 0.5) is 0 Å². The van der Waals surface area contributed by atoms with Gasteiger partial charge in [-0.25, -0.2) is 19.2 Å². The normalized spacial score (nSPS) is 16.3. The number of amides is 4. The van der Waals surface area contributed by atoms with Crippen molar-refractivity contribution >= 4 is 47.5 Å². The standard InChI is InChI=1S/C100H148N4O24/c1-13-17-21-25-29-33-37-41-45-49-69-73-53-75-70(50-46-42-38-34-30-26-22-18-14-2)77-55-79-72(52-48-44-40-36-32-28-24-20-16-4)80-56-78-71(51-47-43-39-35-31-27-23-19-15-3)76-54-74(69)86-94(118-58-82(106)102-66(6)98(110)114-10)88(76)124-63-126-90(78)96(120-60-84(108)104-68(8)100(112)116-12)92(80)128-64-127-91(79)95(119-59-83(107)103-67(7)99(111)115-11)89(77)125-62-123-87(75)93(85(73)121-61-122-86)117-57-81(105)101-65(5)97(109)113-9/h53-56,65-72H,13-52,57-64H2,1-12H3,(H,101,105)(H,102,106)(H,103,107)(H,104,108). The van der Waals surface area contributed by atoms with E-state index in [-0.39, 0.29) is 69.0 Å². The lowest BCUT2D eigenvalue weighted by Gasteiger charge is -2.37. The molecule has 128 heavy (non-hydrogen) atoms. The van der Waals surface area contributed by atoms with Crippen LogP contribution in [0.1, 0.15) is 380 Å². The van der Waals surface area contributed by atoms with E-state index in [9.17, 15) is 38.4 Å². The summed E-state index contributed by atoms with van der Waals surface area (Å²) in [6.45, 7) is 10.2. The quantitative estimate of drug-likeness (QED) is 0.0181. The number of methoxy groups -OCH3 is 4. The van der Waals surface area contributed by atoms with Crippen LogP contribution in [0.25, 0.3) is 0 Å². The molecule has 0 radical (unpaired) electrons. The minimum atomic E-state index is -1.07. The minimum absolute atomic E-state index is 0.0451. The van der Waals surface area contributed by atoms with Crippen molar-refractivity contribution in [2.45, 2.75) is 360 Å². The Morgan fingerprint density at radius 2 is 0.406 bits per heavy atom. The molecule has 0 saturated heterocycles. The molecule has 4 aromatic rings. The van der Waals surface area contributed by atoms with E-state index in [4.69, 9.17) is 75.8 Å². The molecular weight excluding hydrogens is 1640 g/mol. The Balaban J connectivity index is 1.46. The number of esters is 4. The Kier molecular flexibility index (Phi) is 43.5. The van der Waals surface area contributed by atoms with Crippen LogP contribution in [0.5, 0.6) is 69.0 Å². The largest absolute Gasteiger partial charge is 0.476 e. The number of nitrogens with one attached hydrogen (secondary N) is 4. The maximum absolute atomic E-state index is 14.6. The lowest BCUT2D eigenvalue weighted by Crippen LogP contribution is -2.41. The van der Waals surface area contributed by atoms with Gasteiger partial charge in [0.05, 0.1) is 28.4 Å². The highest BCUT2D eigenvalue weighted by Gasteiger charge is 2.44. The summed E-state index contributed by atoms with van der Waals surface area (Å²) in [6, 6.07) is 4.29. The van der Waals surface area contributed by atoms with E-state index in [0.29, 0.717) is 95.9 Å². The zero-order chi connectivity index (χ0) is 91.7. The Hall–Kier alpha value is -9.76. The third-order valence-corrected chi connectivity index (χ3v) is 25.1. The summed E-state index contributed by atoms with van der Waals surface area (Å²) in [7, 11) is 4.98. The topological polar surface area (TPSA) is 332 Å². The molecule has 4 N–H and O–H groups in total. The van der Waals surface area contributed by atoms with Crippen LogP contribution in [-0.2, 0) is 57.3 Å². The summed E-state index contributed by atoms with van der Waals surface area (Å²) in [4.78, 5) is 111. The number of ether oxygens (including phenoxy) is 16. The van der Waals surface area contributed by atoms with E-state index in [1.54, 1.807) is 0 Å². The van der Waals surface area contributed by atoms with Crippen LogP contribution in [-0.4, -0.2) is 154 Å². The molecule has 0 aromatic heterocycles.